The van der Waals surface area contributed by atoms with E-state index in [9.17, 15) is 8.42 Å². The number of aryl methyl sites for hydroxylation is 1. The van der Waals surface area contributed by atoms with Gasteiger partial charge in [0.05, 0.1) is 11.9 Å². The average Bonchev–Trinajstić information content (AvgIpc) is 2.29. The van der Waals surface area contributed by atoms with Crippen LogP contribution >= 0.6 is 11.6 Å². The maximum absolute atomic E-state index is 12.0. The van der Waals surface area contributed by atoms with Gasteiger partial charge in [0.15, 0.2) is 0 Å². The first-order valence-corrected chi connectivity index (χ1v) is 6.89. The van der Waals surface area contributed by atoms with Gasteiger partial charge in [0.25, 0.3) is 10.0 Å². The van der Waals surface area contributed by atoms with Crippen molar-refractivity contribution in [1.82, 2.24) is 9.97 Å². The quantitative estimate of drug-likeness (QED) is 0.877. The van der Waals surface area contributed by atoms with Crippen molar-refractivity contribution in [3.63, 3.8) is 0 Å². The fourth-order valence-electron chi connectivity index (χ4n) is 1.35. The second-order valence-corrected chi connectivity index (χ2v) is 5.74. The Bertz CT molecular complexity index is 656. The molecule has 0 aliphatic carbocycles. The molecule has 7 heteroatoms. The first-order valence-electron chi connectivity index (χ1n) is 5.03. The highest BCUT2D eigenvalue weighted by Crippen LogP contribution is 2.16. The highest BCUT2D eigenvalue weighted by atomic mass is 35.5. The summed E-state index contributed by atoms with van der Waals surface area (Å²) in [6.45, 7) is 1.83. The fourth-order valence-corrected chi connectivity index (χ4v) is 2.44. The molecule has 0 spiro atoms. The molecule has 2 rings (SSSR count). The molecule has 2 aromatic rings. The number of hydrogen-bond acceptors (Lipinski definition) is 4. The molecule has 0 aromatic carbocycles. The number of anilines is 1. The van der Waals surface area contributed by atoms with E-state index in [1.807, 2.05) is 6.92 Å². The Kier molecular flexibility index (Phi) is 3.49. The number of rotatable bonds is 3. The van der Waals surface area contributed by atoms with E-state index in [4.69, 9.17) is 11.6 Å². The molecule has 18 heavy (non-hydrogen) atoms. The van der Waals surface area contributed by atoms with Crippen molar-refractivity contribution in [2.24, 2.45) is 0 Å². The molecule has 0 bridgehead atoms. The number of aromatic nitrogens is 2. The molecule has 0 saturated heterocycles. The summed E-state index contributed by atoms with van der Waals surface area (Å²) in [7, 11) is -3.66. The van der Waals surface area contributed by atoms with Crippen LogP contribution in [0.3, 0.4) is 0 Å². The summed E-state index contributed by atoms with van der Waals surface area (Å²) >= 11 is 5.61. The normalized spacial score (nSPS) is 11.2. The Labute approximate surface area is 110 Å². The first kappa shape index (κ1) is 12.8. The largest absolute Gasteiger partial charge is 0.278 e. The maximum atomic E-state index is 12.0. The van der Waals surface area contributed by atoms with E-state index in [0.29, 0.717) is 5.69 Å². The molecule has 0 unspecified atom stereocenters. The number of pyridine rings is 2. The molecule has 2 aromatic heterocycles. The Balaban J connectivity index is 2.30. The third-order valence-electron chi connectivity index (χ3n) is 2.14. The summed E-state index contributed by atoms with van der Waals surface area (Å²) < 4.78 is 26.4. The lowest BCUT2D eigenvalue weighted by atomic mass is 10.3. The molecule has 1 N–H and O–H groups in total. The van der Waals surface area contributed by atoms with E-state index in [2.05, 4.69) is 14.7 Å². The molecule has 0 radical (unpaired) electrons. The van der Waals surface area contributed by atoms with Crippen LogP contribution in [0.1, 0.15) is 5.56 Å². The van der Waals surface area contributed by atoms with Crippen molar-refractivity contribution in [2.45, 2.75) is 11.8 Å². The van der Waals surface area contributed by atoms with Gasteiger partial charge < -0.3 is 0 Å². The minimum Gasteiger partial charge on any atom is -0.278 e. The second-order valence-electron chi connectivity index (χ2n) is 3.67. The Morgan fingerprint density at radius 1 is 1.22 bits per heavy atom. The molecule has 0 aliphatic rings. The van der Waals surface area contributed by atoms with Gasteiger partial charge in [-0.05, 0) is 30.7 Å². The minimum atomic E-state index is -3.66. The van der Waals surface area contributed by atoms with Crippen LogP contribution in [-0.2, 0) is 10.0 Å². The van der Waals surface area contributed by atoms with Gasteiger partial charge >= 0.3 is 0 Å². The van der Waals surface area contributed by atoms with Crippen molar-refractivity contribution in [3.8, 4) is 0 Å². The zero-order valence-corrected chi connectivity index (χ0v) is 11.0. The van der Waals surface area contributed by atoms with Crippen LogP contribution in [0, 0.1) is 6.92 Å². The van der Waals surface area contributed by atoms with Gasteiger partial charge in [0, 0.05) is 12.4 Å². The van der Waals surface area contributed by atoms with Gasteiger partial charge in [-0.25, -0.2) is 13.4 Å². The molecular weight excluding hydrogens is 274 g/mol. The zero-order valence-electron chi connectivity index (χ0n) is 9.46. The van der Waals surface area contributed by atoms with Crippen LogP contribution in [0.5, 0.6) is 0 Å². The lowest BCUT2D eigenvalue weighted by Crippen LogP contribution is -2.13. The van der Waals surface area contributed by atoms with E-state index < -0.39 is 10.0 Å². The SMILES string of the molecule is Cc1cncc(NS(=O)(=O)c2ccc(Cl)nc2)c1. The Hall–Kier alpha value is -1.66. The number of nitrogens with zero attached hydrogens (tertiary/aromatic N) is 2. The van der Waals surface area contributed by atoms with Crippen LogP contribution in [0.2, 0.25) is 5.15 Å². The summed E-state index contributed by atoms with van der Waals surface area (Å²) in [4.78, 5) is 7.70. The summed E-state index contributed by atoms with van der Waals surface area (Å²) in [5.41, 5.74) is 1.27. The van der Waals surface area contributed by atoms with Gasteiger partial charge in [-0.2, -0.15) is 0 Å². The smallest absolute Gasteiger partial charge is 0.263 e. The predicted molar refractivity (Wildman–Crippen MR) is 69.0 cm³/mol. The van der Waals surface area contributed by atoms with E-state index in [-0.39, 0.29) is 10.0 Å². The van der Waals surface area contributed by atoms with E-state index in [1.54, 1.807) is 12.3 Å². The molecular formula is C11H10ClN3O2S. The summed E-state index contributed by atoms with van der Waals surface area (Å²) in [5, 5.41) is 0.242. The molecule has 0 amide bonds. The van der Waals surface area contributed by atoms with Gasteiger partial charge in [-0.1, -0.05) is 11.6 Å². The number of halogens is 1. The summed E-state index contributed by atoms with van der Waals surface area (Å²) in [5.74, 6) is 0. The maximum Gasteiger partial charge on any atom is 0.263 e. The molecule has 0 aliphatic heterocycles. The number of nitrogens with one attached hydrogen (secondary N) is 1. The third kappa shape index (κ3) is 2.96. The summed E-state index contributed by atoms with van der Waals surface area (Å²) in [6.07, 6.45) is 4.28. The van der Waals surface area contributed by atoms with Crippen molar-refractivity contribution in [3.05, 3.63) is 47.5 Å². The van der Waals surface area contributed by atoms with Crippen LogP contribution in [0.4, 0.5) is 5.69 Å². The average molecular weight is 284 g/mol. The van der Waals surface area contributed by atoms with Gasteiger partial charge in [-0.3, -0.25) is 9.71 Å². The Morgan fingerprint density at radius 2 is 2.00 bits per heavy atom. The van der Waals surface area contributed by atoms with Crippen molar-refractivity contribution in [1.29, 1.82) is 0 Å². The molecule has 5 nitrogen and oxygen atoms in total. The first-order chi connectivity index (χ1) is 8.47. The molecule has 0 fully saturated rings. The number of hydrogen-bond donors (Lipinski definition) is 1. The van der Waals surface area contributed by atoms with Gasteiger partial charge in [0.1, 0.15) is 10.0 Å². The van der Waals surface area contributed by atoms with Gasteiger partial charge in [0.2, 0.25) is 0 Å². The van der Waals surface area contributed by atoms with Crippen molar-refractivity contribution < 1.29 is 8.42 Å². The van der Waals surface area contributed by atoms with Crippen LogP contribution in [-0.4, -0.2) is 18.4 Å². The predicted octanol–water partition coefficient (Wildman–Crippen LogP) is 2.24. The van der Waals surface area contributed by atoms with E-state index >= 15 is 0 Å². The van der Waals surface area contributed by atoms with E-state index in [0.717, 1.165) is 5.56 Å². The number of sulfonamides is 1. The molecule has 2 heterocycles. The van der Waals surface area contributed by atoms with Gasteiger partial charge in [-0.15, -0.1) is 0 Å². The molecule has 94 valence electrons. The van der Waals surface area contributed by atoms with Crippen LogP contribution in [0.25, 0.3) is 0 Å². The third-order valence-corrected chi connectivity index (χ3v) is 3.73. The van der Waals surface area contributed by atoms with Crippen LogP contribution < -0.4 is 4.72 Å². The minimum absolute atomic E-state index is 0.0495. The fraction of sp³-hybridized carbons (Fsp3) is 0.0909. The van der Waals surface area contributed by atoms with E-state index in [1.165, 1.54) is 24.5 Å². The highest BCUT2D eigenvalue weighted by molar-refractivity contribution is 7.92. The topological polar surface area (TPSA) is 72.0 Å². The molecule has 0 atom stereocenters. The lowest BCUT2D eigenvalue weighted by Gasteiger charge is -2.07. The van der Waals surface area contributed by atoms with Crippen molar-refractivity contribution >= 4 is 27.3 Å². The molecule has 0 saturated carbocycles. The van der Waals surface area contributed by atoms with Crippen molar-refractivity contribution in [2.75, 3.05) is 4.72 Å². The lowest BCUT2D eigenvalue weighted by molar-refractivity contribution is 0.601. The Morgan fingerprint density at radius 3 is 2.61 bits per heavy atom. The highest BCUT2D eigenvalue weighted by Gasteiger charge is 2.14. The second kappa shape index (κ2) is 4.91. The van der Waals surface area contributed by atoms with Crippen LogP contribution in [0.15, 0.2) is 41.7 Å². The monoisotopic (exact) mass is 283 g/mol. The standard InChI is InChI=1S/C11H10ClN3O2S/c1-8-4-9(6-13-5-8)15-18(16,17)10-2-3-11(12)14-7-10/h2-7,15H,1H3. The zero-order chi connectivity index (χ0) is 13.2. The summed E-state index contributed by atoms with van der Waals surface area (Å²) in [6, 6.07) is 4.50.